The molecule has 4 nitrogen and oxygen atoms in total. The first-order valence-corrected chi connectivity index (χ1v) is 9.00. The van der Waals surface area contributed by atoms with Crippen LogP contribution < -0.4 is 4.72 Å². The van der Waals surface area contributed by atoms with Crippen LogP contribution in [0.4, 0.5) is 0 Å². The summed E-state index contributed by atoms with van der Waals surface area (Å²) >= 11 is 0. The molecule has 0 fully saturated rings. The lowest BCUT2D eigenvalue weighted by atomic mass is 10.0. The Bertz CT molecular complexity index is 753. The largest absolute Gasteiger partial charge is 0.299 e. The molecule has 0 bridgehead atoms. The summed E-state index contributed by atoms with van der Waals surface area (Å²) in [7, 11) is -3.60. The molecule has 0 aliphatic heterocycles. The topological polar surface area (TPSA) is 63.2 Å². The molecule has 0 amide bonds. The van der Waals surface area contributed by atoms with Crippen LogP contribution in [0, 0.1) is 6.92 Å². The van der Waals surface area contributed by atoms with Gasteiger partial charge in [0.1, 0.15) is 5.78 Å². The number of benzene rings is 2. The van der Waals surface area contributed by atoms with Gasteiger partial charge in [0, 0.05) is 18.9 Å². The van der Waals surface area contributed by atoms with Gasteiger partial charge in [-0.15, -0.1) is 0 Å². The number of ketones is 1. The summed E-state index contributed by atoms with van der Waals surface area (Å²) < 4.78 is 27.1. The third-order valence-corrected chi connectivity index (χ3v) is 5.07. The lowest BCUT2D eigenvalue weighted by Crippen LogP contribution is -2.34. The first-order valence-electron chi connectivity index (χ1n) is 7.51. The van der Waals surface area contributed by atoms with Gasteiger partial charge in [-0.3, -0.25) is 4.79 Å². The highest BCUT2D eigenvalue weighted by Crippen LogP contribution is 2.12. The Balaban J connectivity index is 1.94. The highest BCUT2D eigenvalue weighted by atomic mass is 32.2. The average molecular weight is 331 g/mol. The molecule has 1 unspecified atom stereocenters. The zero-order chi connectivity index (χ0) is 16.9. The highest BCUT2D eigenvalue weighted by Gasteiger charge is 2.19. The first-order chi connectivity index (χ1) is 10.9. The summed E-state index contributed by atoms with van der Waals surface area (Å²) in [6.07, 6.45) is 0.484. The quantitative estimate of drug-likeness (QED) is 0.848. The summed E-state index contributed by atoms with van der Waals surface area (Å²) in [6.45, 7) is 3.60. The Hall–Kier alpha value is -1.98. The molecule has 0 aliphatic carbocycles. The van der Waals surface area contributed by atoms with Crippen LogP contribution in [-0.4, -0.2) is 20.2 Å². The van der Waals surface area contributed by atoms with E-state index in [2.05, 4.69) is 4.72 Å². The van der Waals surface area contributed by atoms with Crippen LogP contribution in [0.1, 0.15) is 24.5 Å². The molecule has 0 aromatic heterocycles. The van der Waals surface area contributed by atoms with Gasteiger partial charge in [-0.1, -0.05) is 48.0 Å². The van der Waals surface area contributed by atoms with Gasteiger partial charge in [0.05, 0.1) is 4.90 Å². The number of rotatable bonds is 7. The van der Waals surface area contributed by atoms with Crippen LogP contribution in [0.5, 0.6) is 0 Å². The van der Waals surface area contributed by atoms with Crippen LogP contribution >= 0.6 is 0 Å². The summed E-state index contributed by atoms with van der Waals surface area (Å²) in [5, 5.41) is 0. The summed E-state index contributed by atoms with van der Waals surface area (Å²) in [6, 6.07) is 15.6. The second-order valence-electron chi connectivity index (χ2n) is 5.74. The van der Waals surface area contributed by atoms with Crippen molar-refractivity contribution >= 4 is 15.8 Å². The Morgan fingerprint density at radius 2 is 1.65 bits per heavy atom. The smallest absolute Gasteiger partial charge is 0.240 e. The summed E-state index contributed by atoms with van der Waals surface area (Å²) in [5.41, 5.74) is 1.93. The highest BCUT2D eigenvalue weighted by molar-refractivity contribution is 7.89. The predicted octanol–water partition coefficient (Wildman–Crippen LogP) is 2.86. The second-order valence-corrected chi connectivity index (χ2v) is 7.45. The SMILES string of the molecule is Cc1ccc(S(=O)(=O)NC(C)CC(=O)Cc2ccccc2)cc1. The molecule has 0 radical (unpaired) electrons. The van der Waals surface area contributed by atoms with Crippen LogP contribution in [0.2, 0.25) is 0 Å². The zero-order valence-corrected chi connectivity index (χ0v) is 14.1. The molecule has 1 atom stereocenters. The minimum absolute atomic E-state index is 0.00954. The number of nitrogens with one attached hydrogen (secondary N) is 1. The number of aryl methyl sites for hydroxylation is 1. The number of sulfonamides is 1. The van der Waals surface area contributed by atoms with E-state index < -0.39 is 16.1 Å². The molecular weight excluding hydrogens is 310 g/mol. The van der Waals surface area contributed by atoms with E-state index in [4.69, 9.17) is 0 Å². The van der Waals surface area contributed by atoms with Gasteiger partial charge in [0.15, 0.2) is 0 Å². The van der Waals surface area contributed by atoms with E-state index in [1.807, 2.05) is 37.3 Å². The molecule has 0 saturated heterocycles. The van der Waals surface area contributed by atoms with Gasteiger partial charge < -0.3 is 0 Å². The molecule has 122 valence electrons. The average Bonchev–Trinajstić information content (AvgIpc) is 2.47. The normalized spacial score (nSPS) is 12.8. The van der Waals surface area contributed by atoms with Crippen molar-refractivity contribution in [2.24, 2.45) is 0 Å². The van der Waals surface area contributed by atoms with Gasteiger partial charge >= 0.3 is 0 Å². The van der Waals surface area contributed by atoms with E-state index in [1.54, 1.807) is 31.2 Å². The van der Waals surface area contributed by atoms with E-state index in [-0.39, 0.29) is 17.1 Å². The molecule has 1 N–H and O–H groups in total. The lowest BCUT2D eigenvalue weighted by molar-refractivity contribution is -0.118. The summed E-state index contributed by atoms with van der Waals surface area (Å²) in [5.74, 6) is 0.00954. The fraction of sp³-hybridized carbons (Fsp3) is 0.278. The third-order valence-electron chi connectivity index (χ3n) is 3.47. The Morgan fingerprint density at radius 3 is 2.26 bits per heavy atom. The van der Waals surface area contributed by atoms with Crippen LogP contribution in [-0.2, 0) is 21.2 Å². The standard InChI is InChI=1S/C18H21NO3S/c1-14-8-10-18(11-9-14)23(21,22)19-15(2)12-17(20)13-16-6-4-3-5-7-16/h3-11,15,19H,12-13H2,1-2H3. The molecular formula is C18H21NO3S. The Morgan fingerprint density at radius 1 is 1.04 bits per heavy atom. The maximum Gasteiger partial charge on any atom is 0.240 e. The van der Waals surface area contributed by atoms with Crippen molar-refractivity contribution in [1.29, 1.82) is 0 Å². The van der Waals surface area contributed by atoms with Crippen molar-refractivity contribution in [3.05, 3.63) is 65.7 Å². The van der Waals surface area contributed by atoms with E-state index in [1.165, 1.54) is 0 Å². The maximum absolute atomic E-state index is 12.3. The first kappa shape index (κ1) is 17.4. The van der Waals surface area contributed by atoms with E-state index in [0.29, 0.717) is 6.42 Å². The Kier molecular flexibility index (Phi) is 5.69. The monoisotopic (exact) mass is 331 g/mol. The molecule has 5 heteroatoms. The number of carbonyl (C=O) groups is 1. The van der Waals surface area contributed by atoms with Gasteiger partial charge in [-0.2, -0.15) is 0 Å². The van der Waals surface area contributed by atoms with Crippen LogP contribution in [0.25, 0.3) is 0 Å². The van der Waals surface area contributed by atoms with Crippen molar-refractivity contribution in [2.75, 3.05) is 0 Å². The number of carbonyl (C=O) groups excluding carboxylic acids is 1. The zero-order valence-electron chi connectivity index (χ0n) is 13.3. The minimum Gasteiger partial charge on any atom is -0.299 e. The maximum atomic E-state index is 12.3. The molecule has 2 rings (SSSR count). The van der Waals surface area contributed by atoms with Crippen molar-refractivity contribution in [3.63, 3.8) is 0 Å². The van der Waals surface area contributed by atoms with Crippen LogP contribution in [0.15, 0.2) is 59.5 Å². The predicted molar refractivity (Wildman–Crippen MR) is 90.7 cm³/mol. The minimum atomic E-state index is -3.60. The van der Waals surface area contributed by atoms with Gasteiger partial charge in [-0.25, -0.2) is 13.1 Å². The van der Waals surface area contributed by atoms with Crippen molar-refractivity contribution < 1.29 is 13.2 Å². The van der Waals surface area contributed by atoms with Gasteiger partial charge in [0.2, 0.25) is 10.0 Å². The van der Waals surface area contributed by atoms with Crippen molar-refractivity contribution in [2.45, 2.75) is 37.6 Å². The number of hydrogen-bond donors (Lipinski definition) is 1. The molecule has 2 aromatic rings. The molecule has 0 spiro atoms. The number of hydrogen-bond acceptors (Lipinski definition) is 3. The lowest BCUT2D eigenvalue weighted by Gasteiger charge is -2.14. The molecule has 0 saturated carbocycles. The Labute approximate surface area is 137 Å². The van der Waals surface area contributed by atoms with Crippen molar-refractivity contribution in [3.8, 4) is 0 Å². The van der Waals surface area contributed by atoms with E-state index >= 15 is 0 Å². The van der Waals surface area contributed by atoms with E-state index in [9.17, 15) is 13.2 Å². The molecule has 2 aromatic carbocycles. The third kappa shape index (κ3) is 5.30. The fourth-order valence-corrected chi connectivity index (χ4v) is 3.57. The number of Topliss-reactive ketones (excluding diaryl/α,β-unsaturated/α-hetero) is 1. The van der Waals surface area contributed by atoms with Crippen molar-refractivity contribution in [1.82, 2.24) is 4.72 Å². The van der Waals surface area contributed by atoms with Gasteiger partial charge in [-0.05, 0) is 31.5 Å². The van der Waals surface area contributed by atoms with Crippen LogP contribution in [0.3, 0.4) is 0 Å². The molecule has 23 heavy (non-hydrogen) atoms. The molecule has 0 heterocycles. The van der Waals surface area contributed by atoms with E-state index in [0.717, 1.165) is 11.1 Å². The second kappa shape index (κ2) is 7.53. The fourth-order valence-electron chi connectivity index (χ4n) is 2.33. The summed E-state index contributed by atoms with van der Waals surface area (Å²) in [4.78, 5) is 12.3. The molecule has 0 aliphatic rings. The van der Waals surface area contributed by atoms with Gasteiger partial charge in [0.25, 0.3) is 0 Å².